The number of nitrogens with zero attached hydrogens (tertiary/aromatic N) is 2. The van der Waals surface area contributed by atoms with E-state index in [0.717, 1.165) is 38.4 Å². The van der Waals surface area contributed by atoms with Crippen molar-refractivity contribution in [3.05, 3.63) is 36.2 Å². The number of nitrogens with one attached hydrogen (secondary N) is 1. The fraction of sp³-hybridized carbons (Fsp3) is 0.579. The van der Waals surface area contributed by atoms with Gasteiger partial charge in [0.25, 0.3) is 0 Å². The Labute approximate surface area is 144 Å². The summed E-state index contributed by atoms with van der Waals surface area (Å²) in [5, 5.41) is 3.13. The van der Waals surface area contributed by atoms with Crippen LogP contribution < -0.4 is 5.32 Å². The third kappa shape index (κ3) is 4.42. The maximum absolute atomic E-state index is 12.2. The van der Waals surface area contributed by atoms with Gasteiger partial charge in [-0.15, -0.1) is 0 Å². The summed E-state index contributed by atoms with van der Waals surface area (Å²) >= 11 is 0. The number of rotatable bonds is 5. The van der Waals surface area contributed by atoms with Crippen LogP contribution in [0.25, 0.3) is 6.08 Å². The quantitative estimate of drug-likeness (QED) is 0.842. The van der Waals surface area contributed by atoms with Crippen LogP contribution in [-0.2, 0) is 9.53 Å². The predicted octanol–water partition coefficient (Wildman–Crippen LogP) is 2.25. The van der Waals surface area contributed by atoms with E-state index in [-0.39, 0.29) is 11.4 Å². The van der Waals surface area contributed by atoms with E-state index in [1.807, 2.05) is 18.2 Å². The smallest absolute Gasteiger partial charge is 0.244 e. The number of pyridine rings is 1. The van der Waals surface area contributed by atoms with Gasteiger partial charge < -0.3 is 10.1 Å². The Balaban J connectivity index is 1.58. The Morgan fingerprint density at radius 3 is 2.79 bits per heavy atom. The van der Waals surface area contributed by atoms with Crippen molar-refractivity contribution in [2.45, 2.75) is 37.6 Å². The molecule has 2 aliphatic rings. The lowest BCUT2D eigenvalue weighted by molar-refractivity contribution is -0.117. The number of aromatic nitrogens is 1. The van der Waals surface area contributed by atoms with Crippen molar-refractivity contribution in [2.75, 3.05) is 32.8 Å². The molecule has 24 heavy (non-hydrogen) atoms. The van der Waals surface area contributed by atoms with Gasteiger partial charge in [-0.3, -0.25) is 14.7 Å². The van der Waals surface area contributed by atoms with Gasteiger partial charge in [0.1, 0.15) is 0 Å². The molecule has 0 unspecified atom stereocenters. The molecule has 2 heterocycles. The van der Waals surface area contributed by atoms with Crippen molar-refractivity contribution in [2.24, 2.45) is 0 Å². The molecule has 0 aromatic carbocycles. The van der Waals surface area contributed by atoms with E-state index in [1.54, 1.807) is 18.5 Å². The zero-order valence-electron chi connectivity index (χ0n) is 14.2. The molecule has 5 heteroatoms. The van der Waals surface area contributed by atoms with Gasteiger partial charge in [-0.1, -0.05) is 25.3 Å². The summed E-state index contributed by atoms with van der Waals surface area (Å²) in [4.78, 5) is 18.8. The van der Waals surface area contributed by atoms with Crippen LogP contribution in [0.5, 0.6) is 0 Å². The summed E-state index contributed by atoms with van der Waals surface area (Å²) < 4.78 is 5.50. The number of amides is 1. The molecular formula is C19H27N3O2. The Hall–Kier alpha value is -1.72. The number of carbonyl (C=O) groups is 1. The lowest BCUT2D eigenvalue weighted by Crippen LogP contribution is -2.59. The molecule has 1 aromatic rings. The van der Waals surface area contributed by atoms with Crippen LogP contribution in [0.4, 0.5) is 0 Å². The first-order valence-electron chi connectivity index (χ1n) is 8.97. The molecule has 5 nitrogen and oxygen atoms in total. The minimum absolute atomic E-state index is 0.0305. The SMILES string of the molecule is O=C(C=Cc1cccnc1)NCC1(N2CCOCC2)CCCCC1. The minimum atomic E-state index is -0.0305. The number of carbonyl (C=O) groups excluding carboxylic acids is 1. The van der Waals surface area contributed by atoms with Gasteiger partial charge in [0.2, 0.25) is 5.91 Å². The summed E-state index contributed by atoms with van der Waals surface area (Å²) in [6.45, 7) is 4.28. The third-order valence-electron chi connectivity index (χ3n) is 5.17. The third-order valence-corrected chi connectivity index (χ3v) is 5.17. The Kier molecular flexibility index (Phi) is 5.99. The van der Waals surface area contributed by atoms with Crippen LogP contribution in [0.2, 0.25) is 0 Å². The molecule has 1 amide bonds. The van der Waals surface area contributed by atoms with Crippen LogP contribution >= 0.6 is 0 Å². The number of hydrogen-bond donors (Lipinski definition) is 1. The summed E-state index contributed by atoms with van der Waals surface area (Å²) in [7, 11) is 0. The van der Waals surface area contributed by atoms with Crippen LogP contribution in [0.15, 0.2) is 30.6 Å². The summed E-state index contributed by atoms with van der Waals surface area (Å²) in [5.74, 6) is -0.0305. The summed E-state index contributed by atoms with van der Waals surface area (Å²) in [5.41, 5.74) is 1.05. The molecule has 1 aliphatic heterocycles. The average Bonchev–Trinajstić information content (AvgIpc) is 2.67. The van der Waals surface area contributed by atoms with Crippen molar-refractivity contribution < 1.29 is 9.53 Å². The Morgan fingerprint density at radius 2 is 2.08 bits per heavy atom. The number of ether oxygens (including phenoxy) is 1. The first-order valence-corrected chi connectivity index (χ1v) is 8.97. The second-order valence-electron chi connectivity index (χ2n) is 6.72. The molecule has 1 saturated heterocycles. The molecule has 1 N–H and O–H groups in total. The molecule has 0 atom stereocenters. The highest BCUT2D eigenvalue weighted by atomic mass is 16.5. The van der Waals surface area contributed by atoms with E-state index in [0.29, 0.717) is 0 Å². The van der Waals surface area contributed by atoms with Crippen LogP contribution in [-0.4, -0.2) is 54.2 Å². The van der Waals surface area contributed by atoms with E-state index in [2.05, 4.69) is 15.2 Å². The van der Waals surface area contributed by atoms with Crippen molar-refractivity contribution in [1.29, 1.82) is 0 Å². The van der Waals surface area contributed by atoms with Gasteiger partial charge in [-0.2, -0.15) is 0 Å². The maximum Gasteiger partial charge on any atom is 0.244 e. The second kappa shape index (κ2) is 8.40. The molecule has 1 aromatic heterocycles. The van der Waals surface area contributed by atoms with Gasteiger partial charge in [0, 0.05) is 43.6 Å². The van der Waals surface area contributed by atoms with Gasteiger partial charge in [-0.05, 0) is 30.5 Å². The van der Waals surface area contributed by atoms with Gasteiger partial charge in [0.15, 0.2) is 0 Å². The summed E-state index contributed by atoms with van der Waals surface area (Å²) in [6, 6.07) is 3.81. The first-order chi connectivity index (χ1) is 11.8. The fourth-order valence-corrected chi connectivity index (χ4v) is 3.81. The zero-order valence-corrected chi connectivity index (χ0v) is 14.2. The number of hydrogen-bond acceptors (Lipinski definition) is 4. The molecule has 1 saturated carbocycles. The zero-order chi connectivity index (χ0) is 16.7. The van der Waals surface area contributed by atoms with Gasteiger partial charge in [-0.25, -0.2) is 0 Å². The Bertz CT molecular complexity index is 547. The van der Waals surface area contributed by atoms with Crippen LogP contribution in [0.1, 0.15) is 37.7 Å². The highest BCUT2D eigenvalue weighted by Gasteiger charge is 2.38. The molecule has 3 rings (SSSR count). The van der Waals surface area contributed by atoms with E-state index in [9.17, 15) is 4.79 Å². The molecule has 0 bridgehead atoms. The second-order valence-corrected chi connectivity index (χ2v) is 6.72. The van der Waals surface area contributed by atoms with Gasteiger partial charge in [0.05, 0.1) is 13.2 Å². The highest BCUT2D eigenvalue weighted by molar-refractivity contribution is 5.91. The maximum atomic E-state index is 12.2. The van der Waals surface area contributed by atoms with Crippen molar-refractivity contribution >= 4 is 12.0 Å². The largest absolute Gasteiger partial charge is 0.379 e. The minimum Gasteiger partial charge on any atom is -0.379 e. The average molecular weight is 329 g/mol. The molecule has 0 radical (unpaired) electrons. The van der Waals surface area contributed by atoms with Crippen LogP contribution in [0.3, 0.4) is 0 Å². The predicted molar refractivity (Wildman–Crippen MR) is 94.5 cm³/mol. The molecule has 1 aliphatic carbocycles. The lowest BCUT2D eigenvalue weighted by Gasteiger charge is -2.48. The molecular weight excluding hydrogens is 302 g/mol. The van der Waals surface area contributed by atoms with Crippen molar-refractivity contribution in [3.8, 4) is 0 Å². The normalized spacial score (nSPS) is 21.7. The topological polar surface area (TPSA) is 54.5 Å². The fourth-order valence-electron chi connectivity index (χ4n) is 3.81. The van der Waals surface area contributed by atoms with E-state index < -0.39 is 0 Å². The molecule has 0 spiro atoms. The first kappa shape index (κ1) is 17.1. The van der Waals surface area contributed by atoms with Crippen LogP contribution in [0, 0.1) is 0 Å². The van der Waals surface area contributed by atoms with Crippen molar-refractivity contribution in [1.82, 2.24) is 15.2 Å². The van der Waals surface area contributed by atoms with Gasteiger partial charge >= 0.3 is 0 Å². The molecule has 130 valence electrons. The Morgan fingerprint density at radius 1 is 1.29 bits per heavy atom. The lowest BCUT2D eigenvalue weighted by atomic mass is 9.79. The highest BCUT2D eigenvalue weighted by Crippen LogP contribution is 2.33. The standard InChI is InChI=1S/C19H27N3O2/c23-18(7-6-17-5-4-10-20-15-17)21-16-19(8-2-1-3-9-19)22-11-13-24-14-12-22/h4-7,10,15H,1-3,8-9,11-14,16H2,(H,21,23). The summed E-state index contributed by atoms with van der Waals surface area (Å²) in [6.07, 6.45) is 13.0. The van der Waals surface area contributed by atoms with Crippen molar-refractivity contribution in [3.63, 3.8) is 0 Å². The molecule has 2 fully saturated rings. The van der Waals surface area contributed by atoms with E-state index >= 15 is 0 Å². The van der Waals surface area contributed by atoms with E-state index in [1.165, 1.54) is 32.1 Å². The number of morpholine rings is 1. The van der Waals surface area contributed by atoms with E-state index in [4.69, 9.17) is 4.74 Å². The monoisotopic (exact) mass is 329 g/mol.